The van der Waals surface area contributed by atoms with E-state index in [9.17, 15) is 0 Å². The normalized spacial score (nSPS) is 14.7. The van der Waals surface area contributed by atoms with E-state index in [0.29, 0.717) is 0 Å². The van der Waals surface area contributed by atoms with Crippen molar-refractivity contribution < 1.29 is 4.74 Å². The quantitative estimate of drug-likeness (QED) is 0.303. The zero-order valence-electron chi connectivity index (χ0n) is 13.9. The van der Waals surface area contributed by atoms with Gasteiger partial charge in [-0.1, -0.05) is 42.0 Å². The minimum atomic E-state index is 0. The summed E-state index contributed by atoms with van der Waals surface area (Å²) < 4.78 is 5.32. The van der Waals surface area contributed by atoms with Crippen LogP contribution in [0.1, 0.15) is 25.3 Å². The number of halogens is 1. The fourth-order valence-electron chi connectivity index (χ4n) is 2.42. The second kappa shape index (κ2) is 12.4. The Kier molecular flexibility index (Phi) is 10.7. The smallest absolute Gasteiger partial charge is 0.191 e. The fourth-order valence-corrected chi connectivity index (χ4v) is 2.42. The molecular formula is C18H28IN3O. The van der Waals surface area contributed by atoms with Crippen molar-refractivity contribution in [2.45, 2.75) is 26.2 Å². The van der Waals surface area contributed by atoms with Crippen molar-refractivity contribution in [1.29, 1.82) is 0 Å². The average Bonchev–Trinajstić information content (AvgIpc) is 2.57. The van der Waals surface area contributed by atoms with Gasteiger partial charge in [-0.15, -0.1) is 24.0 Å². The summed E-state index contributed by atoms with van der Waals surface area (Å²) in [6.07, 6.45) is 5.27. The largest absolute Gasteiger partial charge is 0.377 e. The number of rotatable bonds is 7. The van der Waals surface area contributed by atoms with Crippen molar-refractivity contribution in [2.24, 2.45) is 4.99 Å². The maximum Gasteiger partial charge on any atom is 0.191 e. The molecule has 1 aliphatic rings. The van der Waals surface area contributed by atoms with E-state index >= 15 is 0 Å². The minimum absolute atomic E-state index is 0. The van der Waals surface area contributed by atoms with Crippen LogP contribution >= 0.6 is 24.0 Å². The summed E-state index contributed by atoms with van der Waals surface area (Å²) in [5.41, 5.74) is 2.81. The van der Waals surface area contributed by atoms with Gasteiger partial charge in [0.2, 0.25) is 0 Å². The lowest BCUT2D eigenvalue weighted by Gasteiger charge is -2.14. The number of nitrogens with zero attached hydrogens (tertiary/aromatic N) is 1. The lowest BCUT2D eigenvalue weighted by molar-refractivity contribution is 0.153. The monoisotopic (exact) mass is 429 g/mol. The number of nitrogens with one attached hydrogen (secondary N) is 2. The van der Waals surface area contributed by atoms with E-state index in [-0.39, 0.29) is 24.0 Å². The third kappa shape index (κ3) is 8.37. The van der Waals surface area contributed by atoms with Gasteiger partial charge < -0.3 is 15.4 Å². The van der Waals surface area contributed by atoms with Gasteiger partial charge in [-0.05, 0) is 31.7 Å². The van der Waals surface area contributed by atoms with Crippen LogP contribution in [0.5, 0.6) is 0 Å². The number of hydrogen-bond donors (Lipinski definition) is 2. The molecule has 23 heavy (non-hydrogen) atoms. The molecule has 0 fully saturated rings. The van der Waals surface area contributed by atoms with Gasteiger partial charge in [-0.2, -0.15) is 0 Å². The fraction of sp³-hybridized carbons (Fsp3) is 0.500. The van der Waals surface area contributed by atoms with E-state index < -0.39 is 0 Å². The predicted molar refractivity (Wildman–Crippen MR) is 108 cm³/mol. The van der Waals surface area contributed by atoms with E-state index in [2.05, 4.69) is 52.9 Å². The Morgan fingerprint density at radius 1 is 1.17 bits per heavy atom. The average molecular weight is 429 g/mol. The molecule has 0 unspecified atom stereocenters. The van der Waals surface area contributed by atoms with Gasteiger partial charge in [-0.25, -0.2) is 0 Å². The zero-order chi connectivity index (χ0) is 15.5. The Morgan fingerprint density at radius 2 is 2.00 bits per heavy atom. The molecule has 0 aliphatic carbocycles. The van der Waals surface area contributed by atoms with Crippen LogP contribution in [-0.4, -0.2) is 38.8 Å². The second-order valence-electron chi connectivity index (χ2n) is 5.36. The van der Waals surface area contributed by atoms with Crippen LogP contribution in [0.15, 0.2) is 47.0 Å². The Hall–Kier alpha value is -1.08. The van der Waals surface area contributed by atoms with Crippen molar-refractivity contribution in [2.75, 3.05) is 32.8 Å². The highest BCUT2D eigenvalue weighted by molar-refractivity contribution is 14.0. The number of benzene rings is 1. The first-order valence-electron chi connectivity index (χ1n) is 8.20. The Bertz CT molecular complexity index is 488. The summed E-state index contributed by atoms with van der Waals surface area (Å²) >= 11 is 0. The first-order chi connectivity index (χ1) is 10.9. The first kappa shape index (κ1) is 20.0. The molecule has 0 spiro atoms. The SMILES string of the molecule is CCNC(=NCCC1=CCOCC1)NCCc1ccccc1.I. The number of guanidine groups is 1. The molecule has 0 saturated heterocycles. The minimum Gasteiger partial charge on any atom is -0.377 e. The molecule has 0 radical (unpaired) electrons. The van der Waals surface area contributed by atoms with Crippen LogP contribution in [0.2, 0.25) is 0 Å². The highest BCUT2D eigenvalue weighted by Gasteiger charge is 2.03. The molecule has 0 atom stereocenters. The summed E-state index contributed by atoms with van der Waals surface area (Å²) in [4.78, 5) is 4.65. The molecule has 0 aromatic heterocycles. The van der Waals surface area contributed by atoms with Crippen molar-refractivity contribution in [3.63, 3.8) is 0 Å². The highest BCUT2D eigenvalue weighted by Crippen LogP contribution is 2.11. The van der Waals surface area contributed by atoms with E-state index in [4.69, 9.17) is 4.74 Å². The predicted octanol–water partition coefficient (Wildman–Crippen LogP) is 3.14. The summed E-state index contributed by atoms with van der Waals surface area (Å²) in [6.45, 7) is 6.31. The van der Waals surface area contributed by atoms with Gasteiger partial charge in [0.15, 0.2) is 5.96 Å². The number of hydrogen-bond acceptors (Lipinski definition) is 2. The third-order valence-corrected chi connectivity index (χ3v) is 3.65. The molecular weight excluding hydrogens is 401 g/mol. The maximum atomic E-state index is 5.32. The van der Waals surface area contributed by atoms with Gasteiger partial charge >= 0.3 is 0 Å². The molecule has 0 amide bonds. The highest BCUT2D eigenvalue weighted by atomic mass is 127. The molecule has 1 aliphatic heterocycles. The lowest BCUT2D eigenvalue weighted by Crippen LogP contribution is -2.38. The van der Waals surface area contributed by atoms with Crippen LogP contribution in [0.25, 0.3) is 0 Å². The Balaban J connectivity index is 0.00000264. The summed E-state index contributed by atoms with van der Waals surface area (Å²) in [7, 11) is 0. The van der Waals surface area contributed by atoms with Crippen LogP contribution in [0.4, 0.5) is 0 Å². The van der Waals surface area contributed by atoms with E-state index in [1.165, 1.54) is 11.1 Å². The van der Waals surface area contributed by atoms with Crippen LogP contribution in [-0.2, 0) is 11.2 Å². The molecule has 0 saturated carbocycles. The summed E-state index contributed by atoms with van der Waals surface area (Å²) in [5, 5.41) is 6.70. The van der Waals surface area contributed by atoms with Crippen molar-refractivity contribution in [1.82, 2.24) is 10.6 Å². The number of ether oxygens (including phenoxy) is 1. The van der Waals surface area contributed by atoms with Crippen LogP contribution in [0.3, 0.4) is 0 Å². The van der Waals surface area contributed by atoms with Gasteiger partial charge in [-0.3, -0.25) is 4.99 Å². The Morgan fingerprint density at radius 3 is 2.70 bits per heavy atom. The Labute approximate surface area is 156 Å². The van der Waals surface area contributed by atoms with Crippen LogP contribution in [0, 0.1) is 0 Å². The zero-order valence-corrected chi connectivity index (χ0v) is 16.2. The molecule has 128 valence electrons. The topological polar surface area (TPSA) is 45.7 Å². The van der Waals surface area contributed by atoms with Crippen LogP contribution < -0.4 is 10.6 Å². The molecule has 2 rings (SSSR count). The van der Waals surface area contributed by atoms with Gasteiger partial charge in [0.1, 0.15) is 0 Å². The van der Waals surface area contributed by atoms with Gasteiger partial charge in [0.25, 0.3) is 0 Å². The van der Waals surface area contributed by atoms with E-state index in [0.717, 1.165) is 58.1 Å². The van der Waals surface area contributed by atoms with Crippen molar-refractivity contribution in [3.05, 3.63) is 47.5 Å². The first-order valence-corrected chi connectivity index (χ1v) is 8.20. The maximum absolute atomic E-state index is 5.32. The molecule has 0 bridgehead atoms. The summed E-state index contributed by atoms with van der Waals surface area (Å²) in [6, 6.07) is 10.5. The standard InChI is InChI=1S/C18H27N3O.HI/c1-2-19-18(20-12-8-16-6-4-3-5-7-16)21-13-9-17-10-14-22-15-11-17;/h3-7,10H,2,8-9,11-15H2,1H3,(H2,19,20,21);1H. The second-order valence-corrected chi connectivity index (χ2v) is 5.36. The van der Waals surface area contributed by atoms with Gasteiger partial charge in [0, 0.05) is 19.6 Å². The molecule has 2 N–H and O–H groups in total. The molecule has 1 heterocycles. The van der Waals surface area contributed by atoms with Crippen molar-refractivity contribution >= 4 is 29.9 Å². The number of aliphatic imine (C=N–C) groups is 1. The molecule has 4 nitrogen and oxygen atoms in total. The van der Waals surface area contributed by atoms with E-state index in [1.54, 1.807) is 0 Å². The van der Waals surface area contributed by atoms with E-state index in [1.807, 2.05) is 6.07 Å². The van der Waals surface area contributed by atoms with Crippen molar-refractivity contribution in [3.8, 4) is 0 Å². The molecule has 5 heteroatoms. The molecule has 1 aromatic carbocycles. The lowest BCUT2D eigenvalue weighted by atomic mass is 10.1. The third-order valence-electron chi connectivity index (χ3n) is 3.65. The molecule has 1 aromatic rings. The summed E-state index contributed by atoms with van der Waals surface area (Å²) in [5.74, 6) is 0.908. The van der Waals surface area contributed by atoms with Gasteiger partial charge in [0.05, 0.1) is 13.2 Å².